The first kappa shape index (κ1) is 10.9. The number of benzene rings is 1. The van der Waals surface area contributed by atoms with Crippen molar-refractivity contribution in [1.29, 1.82) is 0 Å². The van der Waals surface area contributed by atoms with Gasteiger partial charge >= 0.3 is 13.3 Å². The number of imidazole rings is 1. The molecule has 1 aliphatic rings. The first-order valence-corrected chi connectivity index (χ1v) is 7.10. The van der Waals surface area contributed by atoms with E-state index in [-0.39, 0.29) is 5.59 Å². The summed E-state index contributed by atoms with van der Waals surface area (Å²) in [6.45, 7) is 7.03. The van der Waals surface area contributed by atoms with Crippen molar-refractivity contribution in [3.63, 3.8) is 0 Å². The van der Waals surface area contributed by atoms with E-state index in [1.54, 1.807) is 27.7 Å². The molecule has 24 heavy (non-hydrogen) atoms. The average molecular weight is 344 g/mol. The van der Waals surface area contributed by atoms with E-state index in [1.165, 1.54) is 0 Å². The summed E-state index contributed by atoms with van der Waals surface area (Å²) in [7, 11) is -1.16. The van der Waals surface area contributed by atoms with Gasteiger partial charge in [0.05, 0.1) is 35.5 Å². The molecule has 1 saturated heterocycles. The van der Waals surface area contributed by atoms with E-state index in [1.807, 2.05) is 0 Å². The molecule has 0 aliphatic carbocycles. The molecule has 0 radical (unpaired) electrons. The molecule has 1 fully saturated rings. The maximum absolute atomic E-state index is 13.2. The van der Waals surface area contributed by atoms with Crippen LogP contribution in [0.2, 0.25) is 0 Å². The first-order chi connectivity index (χ1) is 13.5. The lowest BCUT2D eigenvalue weighted by molar-refractivity contribution is -0.137. The molecule has 0 unspecified atom stereocenters. The molecule has 0 bridgehead atoms. The molecule has 3 rings (SSSR count). The molecular weight excluding hydrogens is 320 g/mol. The second kappa shape index (κ2) is 5.36. The minimum atomic E-state index is -5.10. The van der Waals surface area contributed by atoms with E-state index in [9.17, 15) is 13.2 Å². The molecular formula is C16H18BF3N2O2. The summed E-state index contributed by atoms with van der Waals surface area (Å²) < 4.78 is 99.5. The summed E-state index contributed by atoms with van der Waals surface area (Å²) in [5.41, 5.74) is -4.12. The molecule has 0 saturated carbocycles. The van der Waals surface area contributed by atoms with E-state index < -0.39 is 72.4 Å². The molecule has 2 aromatic rings. The van der Waals surface area contributed by atoms with Gasteiger partial charge < -0.3 is 13.9 Å². The highest BCUT2D eigenvalue weighted by atomic mass is 19.4. The Morgan fingerprint density at radius 3 is 2.12 bits per heavy atom. The second-order valence-electron chi connectivity index (χ2n) is 6.35. The van der Waals surface area contributed by atoms with E-state index in [0.717, 1.165) is 0 Å². The van der Waals surface area contributed by atoms with Crippen LogP contribution in [0.15, 0.2) is 36.6 Å². The fraction of sp³-hybridized carbons (Fsp3) is 0.438. The zero-order valence-corrected chi connectivity index (χ0v) is 13.4. The normalized spacial score (nSPS) is 23.2. The lowest BCUT2D eigenvalue weighted by Crippen LogP contribution is -2.41. The molecule has 4 nitrogen and oxygen atoms in total. The van der Waals surface area contributed by atoms with Gasteiger partial charge in [-0.2, -0.15) is 13.2 Å². The van der Waals surface area contributed by atoms with Crippen LogP contribution in [0.3, 0.4) is 0 Å². The zero-order valence-electron chi connectivity index (χ0n) is 19.4. The Balaban J connectivity index is 2.21. The lowest BCUT2D eigenvalue weighted by atomic mass is 9.86. The van der Waals surface area contributed by atoms with Crippen LogP contribution >= 0.6 is 0 Å². The Hall–Kier alpha value is -1.80. The van der Waals surface area contributed by atoms with Crippen molar-refractivity contribution in [2.45, 2.75) is 45.1 Å². The highest BCUT2D eigenvalue weighted by Gasteiger charge is 2.52. The van der Waals surface area contributed by atoms with E-state index in [4.69, 9.17) is 17.5 Å². The molecule has 8 heteroatoms. The summed E-state index contributed by atoms with van der Waals surface area (Å²) in [4.78, 5) is 3.89. The van der Waals surface area contributed by atoms with E-state index in [0.29, 0.717) is 4.57 Å². The van der Waals surface area contributed by atoms with Crippen LogP contribution in [-0.2, 0) is 15.5 Å². The Bertz CT molecular complexity index is 996. The van der Waals surface area contributed by atoms with Gasteiger partial charge in [-0.05, 0) is 51.9 Å². The molecule has 1 aliphatic heterocycles. The fourth-order valence-corrected chi connectivity index (χ4v) is 1.99. The largest absolute Gasteiger partial charge is 0.516 e. The Morgan fingerprint density at radius 2 is 1.62 bits per heavy atom. The zero-order chi connectivity index (χ0) is 23.0. The van der Waals surface area contributed by atoms with Gasteiger partial charge in [-0.25, -0.2) is 4.98 Å². The van der Waals surface area contributed by atoms with Crippen molar-refractivity contribution < 1.29 is 30.7 Å². The van der Waals surface area contributed by atoms with Crippen LogP contribution in [-0.4, -0.2) is 27.9 Å². The number of alkyl halides is 3. The third-order valence-corrected chi connectivity index (χ3v) is 4.09. The number of hydrogen-bond donors (Lipinski definition) is 0. The minimum Gasteiger partial charge on any atom is -0.398 e. The molecule has 0 atom stereocenters. The summed E-state index contributed by atoms with van der Waals surface area (Å²) in [5, 5.41) is 0. The number of aromatic nitrogens is 2. The monoisotopic (exact) mass is 344 g/mol. The number of nitrogens with zero attached hydrogens (tertiary/aromatic N) is 2. The Morgan fingerprint density at radius 1 is 1.08 bits per heavy atom. The SMILES string of the molecule is [2H]c1c([2H])c(C(F)(F)F)c([2H])c([2H])c1-n1c([2H])nc(B2OC(C)(C)C(C)(C)O2)c1[2H]. The average Bonchev–Trinajstić information content (AvgIpc) is 2.98. The summed E-state index contributed by atoms with van der Waals surface area (Å²) in [5.74, 6) is 0. The van der Waals surface area contributed by atoms with Crippen molar-refractivity contribution in [3.8, 4) is 5.69 Å². The van der Waals surface area contributed by atoms with Crippen molar-refractivity contribution in [2.24, 2.45) is 0 Å². The molecule has 0 N–H and O–H groups in total. The third kappa shape index (κ3) is 2.96. The number of halogens is 3. The third-order valence-electron chi connectivity index (χ3n) is 4.09. The van der Waals surface area contributed by atoms with Crippen LogP contribution in [0.4, 0.5) is 13.2 Å². The van der Waals surface area contributed by atoms with Crippen molar-refractivity contribution in [2.75, 3.05) is 0 Å². The topological polar surface area (TPSA) is 36.3 Å². The van der Waals surface area contributed by atoms with E-state index in [2.05, 4.69) is 4.98 Å². The highest BCUT2D eigenvalue weighted by Crippen LogP contribution is 2.36. The molecule has 0 amide bonds. The van der Waals surface area contributed by atoms with Crippen molar-refractivity contribution in [1.82, 2.24) is 9.55 Å². The van der Waals surface area contributed by atoms with Gasteiger partial charge in [0.25, 0.3) is 0 Å². The van der Waals surface area contributed by atoms with Crippen molar-refractivity contribution in [3.05, 3.63) is 42.2 Å². The van der Waals surface area contributed by atoms with Gasteiger partial charge in [0, 0.05) is 11.9 Å². The summed E-state index contributed by atoms with van der Waals surface area (Å²) >= 11 is 0. The smallest absolute Gasteiger partial charge is 0.398 e. The van der Waals surface area contributed by atoms with Crippen LogP contribution in [0.5, 0.6) is 0 Å². The van der Waals surface area contributed by atoms with Crippen LogP contribution < -0.4 is 5.59 Å². The molecule has 128 valence electrons. The lowest BCUT2D eigenvalue weighted by Gasteiger charge is -2.32. The Kier molecular flexibility index (Phi) is 2.44. The maximum Gasteiger partial charge on any atom is 0.516 e. The molecule has 0 spiro atoms. The standard InChI is InChI=1S/C16H18BF3N2O2/c1-14(2)15(3,4)24-17(23-14)13-9-22(10-21-13)12-7-5-11(6-8-12)16(18,19)20/h5-10H,1-4H3/i5D,6D,7D,8D,9D,10D. The van der Waals surface area contributed by atoms with Gasteiger partial charge in [0.1, 0.15) is 1.37 Å². The molecule has 1 aromatic heterocycles. The van der Waals surface area contributed by atoms with Crippen molar-refractivity contribution >= 4 is 12.7 Å². The maximum atomic E-state index is 13.2. The minimum absolute atomic E-state index is 0.157. The van der Waals surface area contributed by atoms with E-state index >= 15 is 0 Å². The molecule has 1 aromatic carbocycles. The van der Waals surface area contributed by atoms with Gasteiger partial charge in [-0.1, -0.05) is 0 Å². The van der Waals surface area contributed by atoms with Gasteiger partial charge in [-0.15, -0.1) is 0 Å². The summed E-state index contributed by atoms with van der Waals surface area (Å²) in [6.07, 6.45) is -6.31. The number of hydrogen-bond acceptors (Lipinski definition) is 3. The predicted molar refractivity (Wildman–Crippen MR) is 84.3 cm³/mol. The van der Waals surface area contributed by atoms with Crippen LogP contribution in [0, 0.1) is 0 Å². The second-order valence-corrected chi connectivity index (χ2v) is 6.35. The fourth-order valence-electron chi connectivity index (χ4n) is 1.99. The predicted octanol–water partition coefficient (Wildman–Crippen LogP) is 3.19. The molecule has 2 heterocycles. The number of rotatable bonds is 2. The van der Waals surface area contributed by atoms with Crippen LogP contribution in [0.25, 0.3) is 5.69 Å². The van der Waals surface area contributed by atoms with Gasteiger partial charge in [-0.3, -0.25) is 0 Å². The highest BCUT2D eigenvalue weighted by molar-refractivity contribution is 6.61. The quantitative estimate of drug-likeness (QED) is 0.785. The van der Waals surface area contributed by atoms with Gasteiger partial charge in [0.15, 0.2) is 0 Å². The summed E-state index contributed by atoms with van der Waals surface area (Å²) in [6, 6.07) is -4.71. The van der Waals surface area contributed by atoms with Gasteiger partial charge in [0.2, 0.25) is 0 Å². The Labute approximate surface area is 147 Å². The first-order valence-electron chi connectivity index (χ1n) is 10.1. The van der Waals surface area contributed by atoms with Crippen LogP contribution in [0.1, 0.15) is 41.5 Å².